The highest BCUT2D eigenvalue weighted by molar-refractivity contribution is 5.88. The first kappa shape index (κ1) is 8.64. The van der Waals surface area contributed by atoms with E-state index in [1.165, 1.54) is 19.5 Å². The van der Waals surface area contributed by atoms with Crippen molar-refractivity contribution in [2.75, 3.05) is 7.11 Å². The maximum atomic E-state index is 10.9. The Bertz CT molecular complexity index is 269. The van der Waals surface area contributed by atoms with Crippen LogP contribution in [0.3, 0.4) is 0 Å². The first-order chi connectivity index (χ1) is 5.77. The Morgan fingerprint density at radius 2 is 2.08 bits per heavy atom. The summed E-state index contributed by atoms with van der Waals surface area (Å²) in [5.41, 5.74) is 0.384. The third-order valence-electron chi connectivity index (χ3n) is 1.44. The Balaban J connectivity index is 2.84. The fourth-order valence-corrected chi connectivity index (χ4v) is 0.761. The molecule has 0 bridgehead atoms. The number of hydrogen-bond acceptors (Lipinski definition) is 4. The lowest BCUT2D eigenvalue weighted by molar-refractivity contribution is 0.0599. The maximum absolute atomic E-state index is 10.9. The molecule has 0 aliphatic heterocycles. The Kier molecular flexibility index (Phi) is 2.74. The molecule has 1 rings (SSSR count). The monoisotopic (exact) mass is 166 g/mol. The summed E-state index contributed by atoms with van der Waals surface area (Å²) >= 11 is 0. The van der Waals surface area contributed by atoms with Gasteiger partial charge in [0.15, 0.2) is 0 Å². The number of rotatable bonds is 2. The van der Waals surface area contributed by atoms with E-state index in [2.05, 4.69) is 14.7 Å². The van der Waals surface area contributed by atoms with Crippen LogP contribution in [0.5, 0.6) is 0 Å². The van der Waals surface area contributed by atoms with Gasteiger partial charge in [-0.1, -0.05) is 6.92 Å². The normalized spacial score (nSPS) is 9.50. The fourth-order valence-electron chi connectivity index (χ4n) is 0.761. The van der Waals surface area contributed by atoms with Crippen molar-refractivity contribution >= 4 is 5.97 Å². The molecule has 0 radical (unpaired) electrons. The SMILES string of the molecule is CCc1ncc(C(=O)OC)cn1. The zero-order valence-electron chi connectivity index (χ0n) is 7.07. The van der Waals surface area contributed by atoms with Gasteiger partial charge in [0.05, 0.1) is 12.7 Å². The molecule has 0 fully saturated rings. The van der Waals surface area contributed by atoms with Gasteiger partial charge in [0.2, 0.25) is 0 Å². The summed E-state index contributed by atoms with van der Waals surface area (Å²) in [4.78, 5) is 18.8. The molecule has 0 aromatic carbocycles. The van der Waals surface area contributed by atoms with E-state index in [9.17, 15) is 4.79 Å². The third kappa shape index (κ3) is 1.78. The summed E-state index contributed by atoms with van der Waals surface area (Å²) in [5.74, 6) is 0.320. The third-order valence-corrected chi connectivity index (χ3v) is 1.44. The Labute approximate surface area is 70.6 Å². The molecule has 1 aromatic rings. The Morgan fingerprint density at radius 3 is 2.50 bits per heavy atom. The molecule has 0 unspecified atom stereocenters. The highest BCUT2D eigenvalue weighted by atomic mass is 16.5. The molecule has 12 heavy (non-hydrogen) atoms. The Morgan fingerprint density at radius 1 is 1.50 bits per heavy atom. The van der Waals surface area contributed by atoms with Gasteiger partial charge in [0.1, 0.15) is 5.82 Å². The lowest BCUT2D eigenvalue weighted by atomic mass is 10.3. The summed E-state index contributed by atoms with van der Waals surface area (Å²) in [7, 11) is 1.33. The van der Waals surface area contributed by atoms with Gasteiger partial charge >= 0.3 is 5.97 Å². The summed E-state index contributed by atoms with van der Waals surface area (Å²) in [6, 6.07) is 0. The van der Waals surface area contributed by atoms with Crippen molar-refractivity contribution in [3.8, 4) is 0 Å². The second-order valence-corrected chi connectivity index (χ2v) is 2.23. The number of aromatic nitrogens is 2. The van der Waals surface area contributed by atoms with E-state index in [1.807, 2.05) is 6.92 Å². The zero-order chi connectivity index (χ0) is 8.97. The minimum absolute atomic E-state index is 0.384. The molecule has 0 aliphatic carbocycles. The molecule has 0 amide bonds. The molecule has 1 heterocycles. The quantitative estimate of drug-likeness (QED) is 0.610. The van der Waals surface area contributed by atoms with E-state index in [0.717, 1.165) is 12.2 Å². The number of nitrogens with zero attached hydrogens (tertiary/aromatic N) is 2. The van der Waals surface area contributed by atoms with E-state index in [1.54, 1.807) is 0 Å². The molecule has 64 valence electrons. The molecule has 0 spiro atoms. The van der Waals surface area contributed by atoms with Crippen molar-refractivity contribution in [3.05, 3.63) is 23.8 Å². The van der Waals surface area contributed by atoms with Crippen LogP contribution in [0.4, 0.5) is 0 Å². The van der Waals surface area contributed by atoms with Crippen molar-refractivity contribution in [1.29, 1.82) is 0 Å². The first-order valence-corrected chi connectivity index (χ1v) is 3.67. The molecule has 0 saturated heterocycles. The van der Waals surface area contributed by atoms with Gasteiger partial charge in [0, 0.05) is 18.8 Å². The van der Waals surface area contributed by atoms with Gasteiger partial charge in [-0.3, -0.25) is 0 Å². The zero-order valence-corrected chi connectivity index (χ0v) is 7.07. The van der Waals surface area contributed by atoms with Crippen LogP contribution in [-0.2, 0) is 11.2 Å². The molecular weight excluding hydrogens is 156 g/mol. The molecule has 1 aromatic heterocycles. The summed E-state index contributed by atoms with van der Waals surface area (Å²) in [6.07, 6.45) is 3.71. The minimum Gasteiger partial charge on any atom is -0.465 e. The number of methoxy groups -OCH3 is 1. The number of carbonyl (C=O) groups is 1. The molecule has 0 atom stereocenters. The smallest absolute Gasteiger partial charge is 0.341 e. The van der Waals surface area contributed by atoms with Crippen molar-refractivity contribution in [2.45, 2.75) is 13.3 Å². The number of esters is 1. The molecule has 0 N–H and O–H groups in total. The lowest BCUT2D eigenvalue weighted by Crippen LogP contribution is -2.04. The van der Waals surface area contributed by atoms with Crippen molar-refractivity contribution in [3.63, 3.8) is 0 Å². The van der Waals surface area contributed by atoms with Gasteiger partial charge in [-0.05, 0) is 0 Å². The van der Waals surface area contributed by atoms with Crippen molar-refractivity contribution in [2.24, 2.45) is 0 Å². The predicted molar refractivity (Wildman–Crippen MR) is 42.7 cm³/mol. The average Bonchev–Trinajstić information content (AvgIpc) is 2.17. The van der Waals surface area contributed by atoms with Gasteiger partial charge in [-0.2, -0.15) is 0 Å². The topological polar surface area (TPSA) is 52.1 Å². The first-order valence-electron chi connectivity index (χ1n) is 3.67. The standard InChI is InChI=1S/C8H10N2O2/c1-3-7-9-4-6(5-10-7)8(11)12-2/h4-5H,3H2,1-2H3. The number of aryl methyl sites for hydroxylation is 1. The summed E-state index contributed by atoms with van der Waals surface area (Å²) in [6.45, 7) is 1.95. The maximum Gasteiger partial charge on any atom is 0.341 e. The van der Waals surface area contributed by atoms with Crippen molar-refractivity contribution < 1.29 is 9.53 Å². The fraction of sp³-hybridized carbons (Fsp3) is 0.375. The molecule has 4 heteroatoms. The van der Waals surface area contributed by atoms with Gasteiger partial charge in [-0.15, -0.1) is 0 Å². The second kappa shape index (κ2) is 3.80. The molecular formula is C8H10N2O2. The molecule has 0 saturated carbocycles. The summed E-state index contributed by atoms with van der Waals surface area (Å²) in [5, 5.41) is 0. The molecule has 4 nitrogen and oxygen atoms in total. The summed E-state index contributed by atoms with van der Waals surface area (Å²) < 4.78 is 4.49. The number of carbonyl (C=O) groups excluding carboxylic acids is 1. The van der Waals surface area contributed by atoms with Crippen LogP contribution >= 0.6 is 0 Å². The highest BCUT2D eigenvalue weighted by Crippen LogP contribution is 1.98. The van der Waals surface area contributed by atoms with Crippen LogP contribution in [0.25, 0.3) is 0 Å². The van der Waals surface area contributed by atoms with Gasteiger partial charge in [0.25, 0.3) is 0 Å². The van der Waals surface area contributed by atoms with E-state index < -0.39 is 5.97 Å². The minimum atomic E-state index is -0.405. The van der Waals surface area contributed by atoms with E-state index in [0.29, 0.717) is 5.56 Å². The van der Waals surface area contributed by atoms with Crippen LogP contribution in [0, 0.1) is 0 Å². The predicted octanol–water partition coefficient (Wildman–Crippen LogP) is 0.826. The second-order valence-electron chi connectivity index (χ2n) is 2.23. The van der Waals surface area contributed by atoms with Gasteiger partial charge in [-0.25, -0.2) is 14.8 Å². The van der Waals surface area contributed by atoms with Crippen LogP contribution in [0.15, 0.2) is 12.4 Å². The van der Waals surface area contributed by atoms with Gasteiger partial charge < -0.3 is 4.74 Å². The lowest BCUT2D eigenvalue weighted by Gasteiger charge is -1.98. The van der Waals surface area contributed by atoms with E-state index >= 15 is 0 Å². The Hall–Kier alpha value is -1.45. The average molecular weight is 166 g/mol. The highest BCUT2D eigenvalue weighted by Gasteiger charge is 2.04. The van der Waals surface area contributed by atoms with Crippen LogP contribution < -0.4 is 0 Å². The van der Waals surface area contributed by atoms with Crippen molar-refractivity contribution in [1.82, 2.24) is 9.97 Å². The van der Waals surface area contributed by atoms with Crippen LogP contribution in [0.2, 0.25) is 0 Å². The number of hydrogen-bond donors (Lipinski definition) is 0. The van der Waals surface area contributed by atoms with E-state index in [4.69, 9.17) is 0 Å². The largest absolute Gasteiger partial charge is 0.465 e. The van der Waals surface area contributed by atoms with Crippen LogP contribution in [0.1, 0.15) is 23.1 Å². The number of ether oxygens (including phenoxy) is 1. The molecule has 0 aliphatic rings. The van der Waals surface area contributed by atoms with E-state index in [-0.39, 0.29) is 0 Å². The van der Waals surface area contributed by atoms with Crippen LogP contribution in [-0.4, -0.2) is 23.0 Å².